The topological polar surface area (TPSA) is 34.1 Å². The molecule has 0 spiro atoms. The molecule has 1 aromatic rings. The third-order valence-electron chi connectivity index (χ3n) is 10.8. The second kappa shape index (κ2) is 25.5. The molecular weight excluding hydrogens is 645 g/mol. The predicted octanol–water partition coefficient (Wildman–Crippen LogP) is 15.9. The van der Waals surface area contributed by atoms with Gasteiger partial charge in [-0.15, -0.1) is 0 Å². The van der Waals surface area contributed by atoms with Crippen molar-refractivity contribution in [2.75, 3.05) is 0 Å². The van der Waals surface area contributed by atoms with Crippen molar-refractivity contribution >= 4 is 11.6 Å². The first-order chi connectivity index (χ1) is 25.3. The van der Waals surface area contributed by atoms with E-state index in [0.29, 0.717) is 34.6 Å². The number of ketones is 2. The monoisotopic (exact) mass is 719 g/mol. The van der Waals surface area contributed by atoms with Crippen molar-refractivity contribution in [2.24, 2.45) is 5.92 Å². The molecule has 1 atom stereocenters. The molecule has 0 saturated carbocycles. The van der Waals surface area contributed by atoms with Gasteiger partial charge in [-0.25, -0.2) is 0 Å². The van der Waals surface area contributed by atoms with E-state index in [9.17, 15) is 9.59 Å². The number of carbonyl (C=O) groups excluding carboxylic acids is 2. The van der Waals surface area contributed by atoms with E-state index in [1.54, 1.807) is 19.1 Å². The molecule has 0 heterocycles. The van der Waals surface area contributed by atoms with Crippen LogP contribution < -0.4 is 0 Å². The number of hydrogen-bond acceptors (Lipinski definition) is 2. The molecule has 0 fully saturated rings. The first-order valence-electron chi connectivity index (χ1n) is 20.7. The molecule has 290 valence electrons. The van der Waals surface area contributed by atoms with Crippen LogP contribution in [-0.2, 0) is 0 Å². The molecule has 0 unspecified atom stereocenters. The maximum absolute atomic E-state index is 13.0. The highest BCUT2D eigenvalue weighted by Crippen LogP contribution is 2.29. The highest BCUT2D eigenvalue weighted by Gasteiger charge is 2.28. The molecule has 2 rings (SSSR count). The van der Waals surface area contributed by atoms with Crippen LogP contribution in [-0.4, -0.2) is 11.6 Å². The number of benzene rings is 1. The van der Waals surface area contributed by atoms with Gasteiger partial charge in [-0.1, -0.05) is 119 Å². The maximum atomic E-state index is 13.0. The lowest BCUT2D eigenvalue weighted by atomic mass is 9.83. The van der Waals surface area contributed by atoms with Crippen LogP contribution in [0.2, 0.25) is 0 Å². The fourth-order valence-corrected chi connectivity index (χ4v) is 6.95. The molecule has 0 bridgehead atoms. The van der Waals surface area contributed by atoms with E-state index in [1.807, 2.05) is 12.1 Å². The Kier molecular flexibility index (Phi) is 21.9. The molecule has 0 radical (unpaired) electrons. The molecule has 53 heavy (non-hydrogen) atoms. The zero-order valence-corrected chi connectivity index (χ0v) is 35.6. The van der Waals surface area contributed by atoms with Crippen LogP contribution in [0.3, 0.4) is 0 Å². The summed E-state index contributed by atoms with van der Waals surface area (Å²) in [6.45, 7) is 22.1. The number of carbonyl (C=O) groups is 2. The van der Waals surface area contributed by atoms with Crippen LogP contribution in [0.1, 0.15) is 193 Å². The van der Waals surface area contributed by atoms with Gasteiger partial charge >= 0.3 is 0 Å². The van der Waals surface area contributed by atoms with Gasteiger partial charge in [-0.05, 0) is 165 Å². The Morgan fingerprint density at radius 3 is 1.36 bits per heavy atom. The number of hydrogen-bond donors (Lipinski definition) is 0. The fraction of sp³-hybridized carbons (Fsp3) is 0.529. The van der Waals surface area contributed by atoms with Gasteiger partial charge in [-0.3, -0.25) is 9.59 Å². The third-order valence-corrected chi connectivity index (χ3v) is 10.8. The van der Waals surface area contributed by atoms with Gasteiger partial charge in [-0.2, -0.15) is 0 Å². The molecule has 2 nitrogen and oxygen atoms in total. The van der Waals surface area contributed by atoms with Gasteiger partial charge in [0.05, 0.1) is 0 Å². The van der Waals surface area contributed by atoms with Crippen molar-refractivity contribution in [2.45, 2.75) is 172 Å². The van der Waals surface area contributed by atoms with Crippen molar-refractivity contribution in [3.8, 4) is 0 Å². The molecule has 0 aromatic heterocycles. The Labute approximate surface area is 326 Å². The smallest absolute Gasteiger partial charge is 0.190 e. The van der Waals surface area contributed by atoms with Crippen LogP contribution in [0, 0.1) is 5.92 Å². The lowest BCUT2D eigenvalue weighted by molar-refractivity contribution is 0.0973. The number of Topliss-reactive ketones (excluding diaryl/α,β-unsaturated/α-hetero) is 2. The van der Waals surface area contributed by atoms with Crippen molar-refractivity contribution in [3.05, 3.63) is 128 Å². The van der Waals surface area contributed by atoms with Gasteiger partial charge < -0.3 is 0 Å². The van der Waals surface area contributed by atoms with Crippen LogP contribution >= 0.6 is 0 Å². The number of rotatable bonds is 24. The normalized spacial score (nSPS) is 15.7. The minimum Gasteiger partial charge on any atom is -0.289 e. The lowest BCUT2D eigenvalue weighted by Crippen LogP contribution is -2.20. The average Bonchev–Trinajstić information content (AvgIpc) is 3.10. The van der Waals surface area contributed by atoms with Crippen LogP contribution in [0.15, 0.2) is 117 Å². The highest BCUT2D eigenvalue weighted by atomic mass is 16.1. The number of fused-ring (bicyclic) bond motifs is 1. The molecule has 0 amide bonds. The molecule has 1 aliphatic carbocycles. The van der Waals surface area contributed by atoms with E-state index in [0.717, 1.165) is 64.2 Å². The van der Waals surface area contributed by atoms with Crippen LogP contribution in [0.25, 0.3) is 0 Å². The Morgan fingerprint density at radius 1 is 0.509 bits per heavy atom. The fourth-order valence-electron chi connectivity index (χ4n) is 6.95. The Hall–Kier alpha value is -3.52. The third kappa shape index (κ3) is 18.9. The summed E-state index contributed by atoms with van der Waals surface area (Å²) < 4.78 is 0. The summed E-state index contributed by atoms with van der Waals surface area (Å²) in [5.74, 6) is 0.688. The molecule has 0 aliphatic heterocycles. The first-order valence-corrected chi connectivity index (χ1v) is 20.7. The van der Waals surface area contributed by atoms with Gasteiger partial charge in [0.25, 0.3) is 0 Å². The number of allylic oxidation sites excluding steroid dienone is 16. The molecule has 1 aliphatic rings. The lowest BCUT2D eigenvalue weighted by Gasteiger charge is -2.18. The zero-order chi connectivity index (χ0) is 39.2. The molecule has 1 aromatic carbocycles. The van der Waals surface area contributed by atoms with Gasteiger partial charge in [0.15, 0.2) is 11.6 Å². The minimum absolute atomic E-state index is 0.00344. The summed E-state index contributed by atoms with van der Waals surface area (Å²) in [6, 6.07) is 7.18. The SMILES string of the molecule is CC(C)=CCC/C(C)=C/CC/C(C)=C/CC/C(C)=C/CC/C(C)=C/CC/C(C)=C/CC[C@H](C)CCC/C(C)=C/CC1=C(C)C(=O)c2ccccc2C1=O. The Morgan fingerprint density at radius 2 is 0.906 bits per heavy atom. The van der Waals surface area contributed by atoms with Gasteiger partial charge in [0.2, 0.25) is 0 Å². The van der Waals surface area contributed by atoms with Crippen LogP contribution in [0.4, 0.5) is 0 Å². The van der Waals surface area contributed by atoms with E-state index in [1.165, 1.54) is 71.1 Å². The van der Waals surface area contributed by atoms with Crippen LogP contribution in [0.5, 0.6) is 0 Å². The Bertz CT molecular complexity index is 1590. The largest absolute Gasteiger partial charge is 0.289 e. The minimum atomic E-state index is -0.0135. The second-order valence-electron chi connectivity index (χ2n) is 16.4. The maximum Gasteiger partial charge on any atom is 0.190 e. The summed E-state index contributed by atoms with van der Waals surface area (Å²) in [5.41, 5.74) is 12.6. The molecule has 2 heteroatoms. The molecule has 0 saturated heterocycles. The van der Waals surface area contributed by atoms with Crippen molar-refractivity contribution < 1.29 is 9.59 Å². The Balaban J connectivity index is 1.59. The van der Waals surface area contributed by atoms with Crippen molar-refractivity contribution in [1.82, 2.24) is 0 Å². The van der Waals surface area contributed by atoms with E-state index >= 15 is 0 Å². The zero-order valence-electron chi connectivity index (χ0n) is 35.6. The second-order valence-corrected chi connectivity index (χ2v) is 16.4. The van der Waals surface area contributed by atoms with E-state index in [2.05, 4.69) is 105 Å². The summed E-state index contributed by atoms with van der Waals surface area (Å²) in [4.78, 5) is 25.8. The average molecular weight is 719 g/mol. The van der Waals surface area contributed by atoms with Crippen molar-refractivity contribution in [1.29, 1.82) is 0 Å². The van der Waals surface area contributed by atoms with E-state index in [-0.39, 0.29) is 11.6 Å². The van der Waals surface area contributed by atoms with Crippen molar-refractivity contribution in [3.63, 3.8) is 0 Å². The van der Waals surface area contributed by atoms with Gasteiger partial charge in [0, 0.05) is 22.3 Å². The van der Waals surface area contributed by atoms with Gasteiger partial charge in [0.1, 0.15) is 0 Å². The molecule has 0 N–H and O–H groups in total. The van der Waals surface area contributed by atoms with E-state index < -0.39 is 0 Å². The summed E-state index contributed by atoms with van der Waals surface area (Å²) >= 11 is 0. The quantitative estimate of drug-likeness (QED) is 0.0997. The summed E-state index contributed by atoms with van der Waals surface area (Å²) in [6.07, 6.45) is 34.6. The summed E-state index contributed by atoms with van der Waals surface area (Å²) in [7, 11) is 0. The summed E-state index contributed by atoms with van der Waals surface area (Å²) in [5, 5.41) is 0. The standard InChI is InChI=1S/C51H74O2/c1-38(2)20-13-21-39(3)22-14-23-40(4)24-15-25-41(5)26-16-27-42(6)28-17-29-43(7)30-18-31-44(8)32-19-33-45(9)36-37-47-46(10)50(52)48-34-11-12-35-49(48)51(47)53/h11-12,20,22,24,26,28,30,34-36,44H,13-19,21,23,25,27,29,31-33,37H2,1-10H3/b39-22+,40-24+,41-26+,42-28+,43-30+,45-36+/t44-/m0/s1. The first kappa shape index (κ1) is 45.6. The van der Waals surface area contributed by atoms with E-state index in [4.69, 9.17) is 0 Å². The molecular formula is C51H74O2. The highest BCUT2D eigenvalue weighted by molar-refractivity contribution is 6.26. The predicted molar refractivity (Wildman–Crippen MR) is 233 cm³/mol.